The highest BCUT2D eigenvalue weighted by molar-refractivity contribution is 6.67. The summed E-state index contributed by atoms with van der Waals surface area (Å²) in [4.78, 5) is 11.2. The number of benzene rings is 2. The van der Waals surface area contributed by atoms with Gasteiger partial charge in [-0.1, -0.05) is 36.4 Å². The standard InChI is InChI=1S/C15H13ClO2/c1-11-7-8-13(9-14(11)15(16)17)18-10-12-5-3-2-4-6-12/h2-9H,10H2,1H3. The highest BCUT2D eigenvalue weighted by atomic mass is 35.5. The Bertz CT molecular complexity index is 550. The summed E-state index contributed by atoms with van der Waals surface area (Å²) in [6.45, 7) is 2.32. The Morgan fingerprint density at radius 2 is 1.89 bits per heavy atom. The number of carbonyl (C=O) groups is 1. The topological polar surface area (TPSA) is 26.3 Å². The van der Waals surface area contributed by atoms with Gasteiger partial charge in [-0.3, -0.25) is 4.79 Å². The Balaban J connectivity index is 2.11. The van der Waals surface area contributed by atoms with E-state index in [-0.39, 0.29) is 0 Å². The molecular formula is C15H13ClO2. The zero-order valence-electron chi connectivity index (χ0n) is 10.0. The third-order valence-corrected chi connectivity index (χ3v) is 2.87. The van der Waals surface area contributed by atoms with Crippen LogP contribution in [-0.2, 0) is 6.61 Å². The van der Waals surface area contributed by atoms with Crippen molar-refractivity contribution in [3.05, 3.63) is 65.2 Å². The van der Waals surface area contributed by atoms with Crippen LogP contribution in [0.3, 0.4) is 0 Å². The molecule has 0 unspecified atom stereocenters. The van der Waals surface area contributed by atoms with E-state index in [0.717, 1.165) is 11.1 Å². The first-order valence-corrected chi connectivity index (χ1v) is 6.02. The number of aryl methyl sites for hydroxylation is 1. The second kappa shape index (κ2) is 5.69. The van der Waals surface area contributed by atoms with E-state index in [9.17, 15) is 4.79 Å². The number of rotatable bonds is 4. The fourth-order valence-electron chi connectivity index (χ4n) is 1.64. The molecule has 0 aliphatic rings. The van der Waals surface area contributed by atoms with Gasteiger partial charge in [-0.05, 0) is 41.8 Å². The van der Waals surface area contributed by atoms with Gasteiger partial charge in [-0.25, -0.2) is 0 Å². The van der Waals surface area contributed by atoms with Crippen molar-refractivity contribution >= 4 is 16.8 Å². The predicted octanol–water partition coefficient (Wildman–Crippen LogP) is 3.95. The van der Waals surface area contributed by atoms with Gasteiger partial charge < -0.3 is 4.74 Å². The molecule has 18 heavy (non-hydrogen) atoms. The lowest BCUT2D eigenvalue weighted by atomic mass is 10.1. The lowest BCUT2D eigenvalue weighted by Crippen LogP contribution is -1.98. The highest BCUT2D eigenvalue weighted by Gasteiger charge is 2.07. The minimum Gasteiger partial charge on any atom is -0.489 e. The average molecular weight is 261 g/mol. The van der Waals surface area contributed by atoms with Gasteiger partial charge in [0.15, 0.2) is 0 Å². The maximum absolute atomic E-state index is 11.2. The number of hydrogen-bond donors (Lipinski definition) is 0. The minimum atomic E-state index is -0.460. The number of carbonyl (C=O) groups excluding carboxylic acids is 1. The molecule has 2 rings (SSSR count). The normalized spacial score (nSPS) is 10.1. The van der Waals surface area contributed by atoms with E-state index in [2.05, 4.69) is 0 Å². The minimum absolute atomic E-state index is 0.460. The molecule has 0 saturated carbocycles. The smallest absolute Gasteiger partial charge is 0.252 e. The van der Waals surface area contributed by atoms with Crippen LogP contribution in [0, 0.1) is 6.92 Å². The average Bonchev–Trinajstić information content (AvgIpc) is 2.38. The predicted molar refractivity (Wildman–Crippen MR) is 72.1 cm³/mol. The first-order chi connectivity index (χ1) is 8.66. The maximum atomic E-state index is 11.2. The van der Waals surface area contributed by atoms with E-state index in [1.807, 2.05) is 49.4 Å². The lowest BCUT2D eigenvalue weighted by molar-refractivity contribution is 0.108. The summed E-state index contributed by atoms with van der Waals surface area (Å²) in [6, 6.07) is 15.2. The van der Waals surface area contributed by atoms with E-state index in [0.29, 0.717) is 17.9 Å². The molecule has 3 heteroatoms. The molecule has 2 aromatic carbocycles. The molecule has 2 nitrogen and oxygen atoms in total. The van der Waals surface area contributed by atoms with Crippen molar-refractivity contribution in [1.29, 1.82) is 0 Å². The highest BCUT2D eigenvalue weighted by Crippen LogP contribution is 2.20. The van der Waals surface area contributed by atoms with Crippen LogP contribution in [0.25, 0.3) is 0 Å². The van der Waals surface area contributed by atoms with Gasteiger partial charge >= 0.3 is 0 Å². The van der Waals surface area contributed by atoms with E-state index >= 15 is 0 Å². The summed E-state index contributed by atoms with van der Waals surface area (Å²) in [7, 11) is 0. The Labute approximate surface area is 111 Å². The first-order valence-electron chi connectivity index (χ1n) is 5.64. The second-order valence-electron chi connectivity index (χ2n) is 4.02. The molecule has 0 bridgehead atoms. The van der Waals surface area contributed by atoms with Crippen LogP contribution in [-0.4, -0.2) is 5.24 Å². The summed E-state index contributed by atoms with van der Waals surface area (Å²) in [5.41, 5.74) is 2.42. The van der Waals surface area contributed by atoms with E-state index in [1.165, 1.54) is 0 Å². The molecule has 0 aromatic heterocycles. The molecule has 0 aliphatic heterocycles. The van der Waals surface area contributed by atoms with Gasteiger partial charge in [0.1, 0.15) is 12.4 Å². The summed E-state index contributed by atoms with van der Waals surface area (Å²) in [6.07, 6.45) is 0. The van der Waals surface area contributed by atoms with Crippen LogP contribution in [0.4, 0.5) is 0 Å². The third kappa shape index (κ3) is 3.11. The van der Waals surface area contributed by atoms with Gasteiger partial charge in [0.2, 0.25) is 0 Å². The van der Waals surface area contributed by atoms with Crippen molar-refractivity contribution in [2.24, 2.45) is 0 Å². The van der Waals surface area contributed by atoms with Crippen LogP contribution in [0.5, 0.6) is 5.75 Å². The van der Waals surface area contributed by atoms with Gasteiger partial charge in [0.25, 0.3) is 5.24 Å². The summed E-state index contributed by atoms with van der Waals surface area (Å²) in [5.74, 6) is 0.647. The molecular weight excluding hydrogens is 248 g/mol. The molecule has 0 atom stereocenters. The Morgan fingerprint density at radius 3 is 2.56 bits per heavy atom. The summed E-state index contributed by atoms with van der Waals surface area (Å²) >= 11 is 5.50. The van der Waals surface area contributed by atoms with Crippen molar-refractivity contribution in [2.45, 2.75) is 13.5 Å². The molecule has 0 aliphatic carbocycles. The largest absolute Gasteiger partial charge is 0.489 e. The first kappa shape index (κ1) is 12.7. The zero-order chi connectivity index (χ0) is 13.0. The summed E-state index contributed by atoms with van der Waals surface area (Å²) < 4.78 is 5.63. The van der Waals surface area contributed by atoms with E-state index < -0.39 is 5.24 Å². The molecule has 0 radical (unpaired) electrons. The quantitative estimate of drug-likeness (QED) is 0.778. The van der Waals surface area contributed by atoms with Gasteiger partial charge in [0, 0.05) is 5.56 Å². The van der Waals surface area contributed by atoms with Gasteiger partial charge in [-0.15, -0.1) is 0 Å². The molecule has 2 aromatic rings. The Kier molecular flexibility index (Phi) is 4.00. The Morgan fingerprint density at radius 1 is 1.17 bits per heavy atom. The SMILES string of the molecule is Cc1ccc(OCc2ccccc2)cc1C(=O)Cl. The van der Waals surface area contributed by atoms with Crippen molar-refractivity contribution in [3.63, 3.8) is 0 Å². The van der Waals surface area contributed by atoms with Gasteiger partial charge in [-0.2, -0.15) is 0 Å². The molecule has 0 spiro atoms. The maximum Gasteiger partial charge on any atom is 0.252 e. The summed E-state index contributed by atoms with van der Waals surface area (Å²) in [5, 5.41) is -0.460. The monoisotopic (exact) mass is 260 g/mol. The number of hydrogen-bond acceptors (Lipinski definition) is 2. The molecule has 0 saturated heterocycles. The number of ether oxygens (including phenoxy) is 1. The van der Waals surface area contributed by atoms with Crippen molar-refractivity contribution in [2.75, 3.05) is 0 Å². The molecule has 0 amide bonds. The van der Waals surface area contributed by atoms with Gasteiger partial charge in [0.05, 0.1) is 0 Å². The zero-order valence-corrected chi connectivity index (χ0v) is 10.8. The third-order valence-electron chi connectivity index (χ3n) is 2.67. The van der Waals surface area contributed by atoms with Crippen LogP contribution in [0.15, 0.2) is 48.5 Å². The fraction of sp³-hybridized carbons (Fsp3) is 0.133. The molecule has 0 N–H and O–H groups in total. The van der Waals surface area contributed by atoms with Crippen LogP contribution in [0.2, 0.25) is 0 Å². The Hall–Kier alpha value is -1.80. The van der Waals surface area contributed by atoms with Crippen molar-refractivity contribution < 1.29 is 9.53 Å². The van der Waals surface area contributed by atoms with Crippen molar-refractivity contribution in [3.8, 4) is 5.75 Å². The van der Waals surface area contributed by atoms with Crippen LogP contribution >= 0.6 is 11.6 Å². The van der Waals surface area contributed by atoms with E-state index in [4.69, 9.17) is 16.3 Å². The molecule has 0 heterocycles. The lowest BCUT2D eigenvalue weighted by Gasteiger charge is -2.08. The molecule has 92 valence electrons. The number of halogens is 1. The van der Waals surface area contributed by atoms with E-state index in [1.54, 1.807) is 6.07 Å². The van der Waals surface area contributed by atoms with Crippen molar-refractivity contribution in [1.82, 2.24) is 0 Å². The van der Waals surface area contributed by atoms with Crippen LogP contribution < -0.4 is 4.74 Å². The fourth-order valence-corrected chi connectivity index (χ4v) is 1.85. The molecule has 0 fully saturated rings. The van der Waals surface area contributed by atoms with Crippen LogP contribution in [0.1, 0.15) is 21.5 Å². The second-order valence-corrected chi connectivity index (χ2v) is 4.37.